The molecule has 0 amide bonds. The van der Waals surface area contributed by atoms with Crippen molar-refractivity contribution in [2.24, 2.45) is 34.0 Å². The fourth-order valence-corrected chi connectivity index (χ4v) is 8.35. The lowest BCUT2D eigenvalue weighted by Gasteiger charge is -2.59. The van der Waals surface area contributed by atoms with Gasteiger partial charge in [-0.1, -0.05) is 57.9 Å². The highest BCUT2D eigenvalue weighted by Crippen LogP contribution is 2.66. The Morgan fingerprint density at radius 2 is 1.81 bits per heavy atom. The minimum atomic E-state index is -0.256. The van der Waals surface area contributed by atoms with Gasteiger partial charge in [0.25, 0.3) is 0 Å². The predicted molar refractivity (Wildman–Crippen MR) is 130 cm³/mol. The highest BCUT2D eigenvalue weighted by Gasteiger charge is 2.57. The van der Waals surface area contributed by atoms with Crippen molar-refractivity contribution >= 4 is 0 Å². The van der Waals surface area contributed by atoms with Gasteiger partial charge in [0, 0.05) is 0 Å². The summed E-state index contributed by atoms with van der Waals surface area (Å²) in [5.41, 5.74) is 6.77. The molecule has 0 bridgehead atoms. The van der Waals surface area contributed by atoms with Crippen LogP contribution in [0.5, 0.6) is 0 Å². The Balaban J connectivity index is 1.62. The Morgan fingerprint density at radius 1 is 1.10 bits per heavy atom. The van der Waals surface area contributed by atoms with E-state index in [1.807, 2.05) is 0 Å². The van der Waals surface area contributed by atoms with E-state index >= 15 is 0 Å². The first kappa shape index (κ1) is 23.3. The van der Waals surface area contributed by atoms with Gasteiger partial charge < -0.3 is 10.2 Å². The van der Waals surface area contributed by atoms with Gasteiger partial charge in [-0.25, -0.2) is 0 Å². The molecule has 31 heavy (non-hydrogen) atoms. The summed E-state index contributed by atoms with van der Waals surface area (Å²) >= 11 is 0. The molecule has 0 heterocycles. The summed E-state index contributed by atoms with van der Waals surface area (Å²) in [7, 11) is 0. The van der Waals surface area contributed by atoms with Gasteiger partial charge in [0.2, 0.25) is 0 Å². The minimum Gasteiger partial charge on any atom is -0.393 e. The fraction of sp³-hybridized carbons (Fsp3) is 0.793. The normalized spacial score (nSPS) is 40.9. The molecule has 2 heteroatoms. The summed E-state index contributed by atoms with van der Waals surface area (Å²) < 4.78 is 0. The average molecular weight is 427 g/mol. The lowest BCUT2D eigenvalue weighted by molar-refractivity contribution is -0.0906. The molecular weight excluding hydrogens is 380 g/mol. The van der Waals surface area contributed by atoms with Crippen molar-refractivity contribution in [3.63, 3.8) is 0 Å². The lowest BCUT2D eigenvalue weighted by atomic mass is 9.46. The molecule has 0 saturated heterocycles. The zero-order chi connectivity index (χ0) is 22.8. The maximum atomic E-state index is 10.9. The summed E-state index contributed by atoms with van der Waals surface area (Å²) in [5.74, 6) is 1.42. The van der Waals surface area contributed by atoms with Crippen molar-refractivity contribution in [1.29, 1.82) is 0 Å². The van der Waals surface area contributed by atoms with Crippen molar-refractivity contribution in [2.75, 3.05) is 0 Å². The minimum absolute atomic E-state index is 0.00240. The van der Waals surface area contributed by atoms with Crippen LogP contribution in [-0.2, 0) is 0 Å². The molecule has 2 nitrogen and oxygen atoms in total. The molecule has 0 aromatic carbocycles. The average Bonchev–Trinajstić information content (AvgIpc) is 3.06. The van der Waals surface area contributed by atoms with Crippen molar-refractivity contribution in [1.82, 2.24) is 0 Å². The van der Waals surface area contributed by atoms with Crippen molar-refractivity contribution in [3.8, 4) is 0 Å². The molecule has 4 aliphatic rings. The second kappa shape index (κ2) is 7.87. The van der Waals surface area contributed by atoms with E-state index in [1.54, 1.807) is 16.7 Å². The standard InChI is InChI=1S/C29H46O2/c1-18(2)8-12-24(30)19(3)21-10-11-22-20-9-13-25-27(4,5)26(31)15-17-29(25,7)23(20)14-16-28(21,22)6/h8,11,19,21,24-26,30-31H,9-10,12-17H2,1-7H3. The van der Waals surface area contributed by atoms with Crippen LogP contribution in [0, 0.1) is 34.0 Å². The van der Waals surface area contributed by atoms with Crippen LogP contribution in [0.25, 0.3) is 0 Å². The molecule has 0 spiro atoms. The topological polar surface area (TPSA) is 40.5 Å². The first-order chi connectivity index (χ1) is 14.4. The van der Waals surface area contributed by atoms with E-state index < -0.39 is 0 Å². The number of allylic oxidation sites excluding steroid dienone is 5. The summed E-state index contributed by atoms with van der Waals surface area (Å²) in [6.45, 7) is 16.1. The van der Waals surface area contributed by atoms with Crippen LogP contribution in [0.3, 0.4) is 0 Å². The Morgan fingerprint density at radius 3 is 2.48 bits per heavy atom. The molecule has 0 aromatic rings. The quantitative estimate of drug-likeness (QED) is 0.476. The molecule has 0 aromatic heterocycles. The van der Waals surface area contributed by atoms with E-state index in [0.717, 1.165) is 25.7 Å². The third-order valence-corrected chi connectivity index (χ3v) is 10.4. The highest BCUT2D eigenvalue weighted by atomic mass is 16.3. The Labute approximate surface area is 190 Å². The maximum absolute atomic E-state index is 10.9. The van der Waals surface area contributed by atoms with Crippen LogP contribution in [0.1, 0.15) is 99.8 Å². The van der Waals surface area contributed by atoms with E-state index in [-0.39, 0.29) is 28.5 Å². The van der Waals surface area contributed by atoms with Gasteiger partial charge in [0.05, 0.1) is 12.2 Å². The highest BCUT2D eigenvalue weighted by molar-refractivity contribution is 5.50. The SMILES string of the molecule is CC(C)=CCC(O)C(C)C1CC=C2C3=C(CCC21C)C1(C)CCC(O)C(C)(C)C1CC3. The number of aliphatic hydroxyl groups excluding tert-OH is 2. The summed E-state index contributed by atoms with van der Waals surface area (Å²) in [5, 5.41) is 21.7. The zero-order valence-corrected chi connectivity index (χ0v) is 21.1. The zero-order valence-electron chi connectivity index (χ0n) is 21.1. The first-order valence-corrected chi connectivity index (χ1v) is 12.9. The predicted octanol–water partition coefficient (Wildman–Crippen LogP) is 6.98. The van der Waals surface area contributed by atoms with E-state index in [2.05, 4.69) is 60.6 Å². The molecule has 174 valence electrons. The fourth-order valence-electron chi connectivity index (χ4n) is 8.35. The Bertz CT molecular complexity index is 811. The van der Waals surface area contributed by atoms with Crippen molar-refractivity contribution in [3.05, 3.63) is 34.4 Å². The van der Waals surface area contributed by atoms with Crippen LogP contribution in [-0.4, -0.2) is 22.4 Å². The van der Waals surface area contributed by atoms with Gasteiger partial charge in [0.1, 0.15) is 0 Å². The Kier molecular flexibility index (Phi) is 5.92. The molecule has 4 rings (SSSR count). The van der Waals surface area contributed by atoms with Gasteiger partial charge in [0.15, 0.2) is 0 Å². The van der Waals surface area contributed by atoms with Gasteiger partial charge in [-0.2, -0.15) is 0 Å². The monoisotopic (exact) mass is 426 g/mol. The molecule has 1 fully saturated rings. The van der Waals surface area contributed by atoms with E-state index in [9.17, 15) is 10.2 Å². The molecule has 0 radical (unpaired) electrons. The van der Waals surface area contributed by atoms with Crippen LogP contribution in [0.4, 0.5) is 0 Å². The third-order valence-electron chi connectivity index (χ3n) is 10.4. The molecule has 4 aliphatic carbocycles. The van der Waals surface area contributed by atoms with Crippen LogP contribution in [0.2, 0.25) is 0 Å². The Hall–Kier alpha value is -0.860. The molecule has 7 atom stereocenters. The van der Waals surface area contributed by atoms with Gasteiger partial charge in [-0.3, -0.25) is 0 Å². The van der Waals surface area contributed by atoms with E-state index in [1.165, 1.54) is 31.3 Å². The van der Waals surface area contributed by atoms with Gasteiger partial charge >= 0.3 is 0 Å². The van der Waals surface area contributed by atoms with Crippen molar-refractivity contribution < 1.29 is 10.2 Å². The van der Waals surface area contributed by atoms with Gasteiger partial charge in [-0.15, -0.1) is 0 Å². The first-order valence-electron chi connectivity index (χ1n) is 12.9. The second-order valence-corrected chi connectivity index (χ2v) is 12.7. The number of fused-ring (bicyclic) bond motifs is 4. The summed E-state index contributed by atoms with van der Waals surface area (Å²) in [6.07, 6.45) is 13.1. The smallest absolute Gasteiger partial charge is 0.0603 e. The summed E-state index contributed by atoms with van der Waals surface area (Å²) in [4.78, 5) is 0. The second-order valence-electron chi connectivity index (χ2n) is 12.7. The van der Waals surface area contributed by atoms with E-state index in [0.29, 0.717) is 17.8 Å². The number of aliphatic hydroxyl groups is 2. The molecule has 0 aliphatic heterocycles. The number of rotatable bonds is 4. The van der Waals surface area contributed by atoms with Crippen LogP contribution >= 0.6 is 0 Å². The number of hydrogen-bond acceptors (Lipinski definition) is 2. The van der Waals surface area contributed by atoms with Gasteiger partial charge in [-0.05, 0) is 110 Å². The molecule has 1 saturated carbocycles. The summed E-state index contributed by atoms with van der Waals surface area (Å²) in [6, 6.07) is 0. The van der Waals surface area contributed by atoms with E-state index in [4.69, 9.17) is 0 Å². The van der Waals surface area contributed by atoms with Crippen LogP contribution in [0.15, 0.2) is 34.4 Å². The van der Waals surface area contributed by atoms with Crippen molar-refractivity contribution in [2.45, 2.75) is 112 Å². The molecular formula is C29H46O2. The largest absolute Gasteiger partial charge is 0.393 e. The molecule has 2 N–H and O–H groups in total. The third kappa shape index (κ3) is 3.52. The lowest BCUT2D eigenvalue weighted by Crippen LogP contribution is -2.53. The number of hydrogen-bond donors (Lipinski definition) is 2. The molecule has 7 unspecified atom stereocenters. The maximum Gasteiger partial charge on any atom is 0.0603 e. The van der Waals surface area contributed by atoms with Crippen LogP contribution < -0.4 is 0 Å².